The fourth-order valence-electron chi connectivity index (χ4n) is 1.79. The summed E-state index contributed by atoms with van der Waals surface area (Å²) in [5.74, 6) is -6.01. The largest absolute Gasteiger partial charge is 0.384 e. The number of amides is 2. The molecule has 2 amide bonds. The molecule has 0 bridgehead atoms. The fraction of sp³-hybridized carbons (Fsp3) is 0.429. The minimum Gasteiger partial charge on any atom is -0.384 e. The van der Waals surface area contributed by atoms with Crippen LogP contribution in [0.1, 0.15) is 20.3 Å². The predicted octanol–water partition coefficient (Wildman–Crippen LogP) is 1.66. The Bertz CT molecular complexity index is 565. The smallest absolute Gasteiger partial charge is 0.251 e. The van der Waals surface area contributed by atoms with Gasteiger partial charge in [0.2, 0.25) is 5.91 Å². The zero-order valence-electron chi connectivity index (χ0n) is 12.2. The van der Waals surface area contributed by atoms with Gasteiger partial charge in [0, 0.05) is 6.54 Å². The van der Waals surface area contributed by atoms with Crippen LogP contribution in [0.5, 0.6) is 0 Å². The van der Waals surface area contributed by atoms with Crippen LogP contribution in [-0.4, -0.2) is 41.0 Å². The van der Waals surface area contributed by atoms with Crippen LogP contribution in [0.3, 0.4) is 0 Å². The van der Waals surface area contributed by atoms with Gasteiger partial charge in [0.15, 0.2) is 17.5 Å². The van der Waals surface area contributed by atoms with Crippen molar-refractivity contribution in [1.82, 2.24) is 4.90 Å². The van der Waals surface area contributed by atoms with Crippen molar-refractivity contribution in [3.8, 4) is 0 Å². The number of hydrogen-bond donors (Lipinski definition) is 2. The lowest BCUT2D eigenvalue weighted by Crippen LogP contribution is -2.43. The molecule has 1 unspecified atom stereocenters. The number of anilines is 1. The highest BCUT2D eigenvalue weighted by Crippen LogP contribution is 2.19. The third kappa shape index (κ3) is 4.45. The Labute approximate surface area is 125 Å². The van der Waals surface area contributed by atoms with E-state index in [2.05, 4.69) is 5.32 Å². The van der Waals surface area contributed by atoms with Crippen molar-refractivity contribution in [1.29, 1.82) is 0 Å². The molecule has 22 heavy (non-hydrogen) atoms. The second-order valence-corrected chi connectivity index (χ2v) is 4.71. The summed E-state index contributed by atoms with van der Waals surface area (Å²) in [6.07, 6.45) is -0.731. The van der Waals surface area contributed by atoms with Gasteiger partial charge in [0.05, 0.1) is 12.2 Å². The maximum Gasteiger partial charge on any atom is 0.251 e. The first kappa shape index (κ1) is 18.0. The summed E-state index contributed by atoms with van der Waals surface area (Å²) >= 11 is 0. The molecular weight excluding hydrogens is 301 g/mol. The Balaban J connectivity index is 2.80. The third-order valence-electron chi connectivity index (χ3n) is 2.81. The van der Waals surface area contributed by atoms with Crippen LogP contribution in [0.15, 0.2) is 12.1 Å². The van der Waals surface area contributed by atoms with Crippen molar-refractivity contribution in [2.45, 2.75) is 26.4 Å². The third-order valence-corrected chi connectivity index (χ3v) is 2.81. The summed E-state index contributed by atoms with van der Waals surface area (Å²) in [4.78, 5) is 24.6. The molecule has 0 aliphatic heterocycles. The second-order valence-electron chi connectivity index (χ2n) is 4.71. The molecule has 0 aliphatic rings. The van der Waals surface area contributed by atoms with Gasteiger partial charge in [-0.2, -0.15) is 0 Å². The van der Waals surface area contributed by atoms with Gasteiger partial charge >= 0.3 is 0 Å². The van der Waals surface area contributed by atoms with E-state index in [1.807, 2.05) is 0 Å². The molecule has 0 aromatic heterocycles. The first-order chi connectivity index (χ1) is 10.3. The van der Waals surface area contributed by atoms with Crippen LogP contribution in [0.25, 0.3) is 0 Å². The highest BCUT2D eigenvalue weighted by Gasteiger charge is 2.21. The molecule has 5 nitrogen and oxygen atoms in total. The highest BCUT2D eigenvalue weighted by molar-refractivity contribution is 5.95. The Hall–Kier alpha value is -2.09. The molecule has 1 atom stereocenters. The average molecular weight is 318 g/mol. The molecule has 8 heteroatoms. The molecule has 0 heterocycles. The van der Waals surface area contributed by atoms with Gasteiger partial charge in [-0.1, -0.05) is 6.92 Å². The topological polar surface area (TPSA) is 69.6 Å². The average Bonchev–Trinajstić information content (AvgIpc) is 2.46. The van der Waals surface area contributed by atoms with Crippen LogP contribution in [0, 0.1) is 17.5 Å². The minimum atomic E-state index is -1.69. The monoisotopic (exact) mass is 318 g/mol. The maximum absolute atomic E-state index is 13.4. The van der Waals surface area contributed by atoms with E-state index in [9.17, 15) is 27.9 Å². The first-order valence-electron chi connectivity index (χ1n) is 6.68. The van der Waals surface area contributed by atoms with Crippen LogP contribution >= 0.6 is 0 Å². The van der Waals surface area contributed by atoms with Crippen LogP contribution in [-0.2, 0) is 9.59 Å². The van der Waals surface area contributed by atoms with E-state index in [4.69, 9.17) is 0 Å². The number of nitrogens with zero attached hydrogens (tertiary/aromatic N) is 1. The summed E-state index contributed by atoms with van der Waals surface area (Å²) in [7, 11) is 0. The van der Waals surface area contributed by atoms with Crippen molar-refractivity contribution >= 4 is 17.5 Å². The first-order valence-corrected chi connectivity index (χ1v) is 6.68. The van der Waals surface area contributed by atoms with E-state index >= 15 is 0 Å². The van der Waals surface area contributed by atoms with E-state index in [1.165, 1.54) is 6.92 Å². The van der Waals surface area contributed by atoms with Crippen LogP contribution < -0.4 is 5.32 Å². The Kier molecular flexibility index (Phi) is 6.36. The van der Waals surface area contributed by atoms with Gasteiger partial charge in [0.25, 0.3) is 5.91 Å². The Morgan fingerprint density at radius 2 is 1.91 bits per heavy atom. The number of aliphatic hydroxyl groups is 1. The molecule has 0 spiro atoms. The van der Waals surface area contributed by atoms with Crippen molar-refractivity contribution < 1.29 is 27.9 Å². The van der Waals surface area contributed by atoms with Crippen molar-refractivity contribution in [2.75, 3.05) is 18.4 Å². The standard InChI is InChI=1S/C14H17F3N2O3/c1-3-6-19(14(22)8(2)20)7-11(21)18-10-5-4-9(15)12(16)13(10)17/h4-5,8,20H,3,6-7H2,1-2H3,(H,18,21). The lowest BCUT2D eigenvalue weighted by Gasteiger charge is -2.23. The molecule has 0 saturated heterocycles. The molecular formula is C14H17F3N2O3. The normalized spacial score (nSPS) is 11.9. The molecule has 2 N–H and O–H groups in total. The summed E-state index contributed by atoms with van der Waals surface area (Å²) in [6.45, 7) is 2.82. The zero-order valence-corrected chi connectivity index (χ0v) is 12.2. The van der Waals surface area contributed by atoms with Gasteiger partial charge < -0.3 is 15.3 Å². The van der Waals surface area contributed by atoms with Gasteiger partial charge in [0.1, 0.15) is 6.10 Å². The SMILES string of the molecule is CCCN(CC(=O)Nc1ccc(F)c(F)c1F)C(=O)C(C)O. The number of carbonyl (C=O) groups excluding carboxylic acids is 2. The zero-order chi connectivity index (χ0) is 16.9. The number of aliphatic hydroxyl groups excluding tert-OH is 1. The number of halogens is 3. The molecule has 122 valence electrons. The van der Waals surface area contributed by atoms with Crippen molar-refractivity contribution in [3.63, 3.8) is 0 Å². The predicted molar refractivity (Wildman–Crippen MR) is 73.5 cm³/mol. The number of rotatable bonds is 6. The van der Waals surface area contributed by atoms with Crippen molar-refractivity contribution in [2.24, 2.45) is 0 Å². The van der Waals surface area contributed by atoms with Gasteiger partial charge in [-0.15, -0.1) is 0 Å². The lowest BCUT2D eigenvalue weighted by molar-refractivity contribution is -0.141. The number of benzene rings is 1. The molecule has 1 rings (SSSR count). The van der Waals surface area contributed by atoms with Gasteiger partial charge in [-0.05, 0) is 25.5 Å². The van der Waals surface area contributed by atoms with E-state index in [0.29, 0.717) is 12.5 Å². The minimum absolute atomic E-state index is 0.220. The maximum atomic E-state index is 13.4. The summed E-state index contributed by atoms with van der Waals surface area (Å²) in [6, 6.07) is 1.56. The number of carbonyl (C=O) groups is 2. The fourth-order valence-corrected chi connectivity index (χ4v) is 1.79. The quantitative estimate of drug-likeness (QED) is 0.784. The lowest BCUT2D eigenvalue weighted by atomic mass is 10.2. The Morgan fingerprint density at radius 3 is 2.45 bits per heavy atom. The molecule has 0 fully saturated rings. The molecule has 1 aromatic rings. The number of hydrogen-bond acceptors (Lipinski definition) is 3. The van der Waals surface area contributed by atoms with Gasteiger partial charge in [-0.25, -0.2) is 13.2 Å². The van der Waals surface area contributed by atoms with E-state index in [0.717, 1.165) is 11.0 Å². The van der Waals surface area contributed by atoms with E-state index in [-0.39, 0.29) is 6.54 Å². The molecule has 0 saturated carbocycles. The van der Waals surface area contributed by atoms with Crippen molar-refractivity contribution in [3.05, 3.63) is 29.6 Å². The summed E-state index contributed by atoms with van der Waals surface area (Å²) in [5, 5.41) is 11.3. The molecule has 0 radical (unpaired) electrons. The van der Waals surface area contributed by atoms with Gasteiger partial charge in [-0.3, -0.25) is 9.59 Å². The molecule has 1 aromatic carbocycles. The van der Waals surface area contributed by atoms with Crippen LogP contribution in [0.2, 0.25) is 0 Å². The second kappa shape index (κ2) is 7.79. The number of nitrogens with one attached hydrogen (secondary N) is 1. The van der Waals surface area contributed by atoms with E-state index < -0.39 is 47.6 Å². The molecule has 0 aliphatic carbocycles. The highest BCUT2D eigenvalue weighted by atomic mass is 19.2. The van der Waals surface area contributed by atoms with Crippen LogP contribution in [0.4, 0.5) is 18.9 Å². The van der Waals surface area contributed by atoms with E-state index in [1.54, 1.807) is 6.92 Å². The summed E-state index contributed by atoms with van der Waals surface area (Å²) < 4.78 is 39.3. The summed E-state index contributed by atoms with van der Waals surface area (Å²) in [5.41, 5.74) is -0.523. The Morgan fingerprint density at radius 1 is 1.27 bits per heavy atom.